The minimum absolute atomic E-state index is 0.234. The first-order valence-electron chi connectivity index (χ1n) is 9.20. The molecule has 7 nitrogen and oxygen atoms in total. The molecule has 4 N–H and O–H groups in total. The monoisotopic (exact) mass is 448 g/mol. The van der Waals surface area contributed by atoms with Gasteiger partial charge in [0.05, 0.1) is 11.9 Å². The minimum Gasteiger partial charge on any atom is -0.406 e. The number of aliphatic imine (C=N–C) groups is 2. The zero-order chi connectivity index (χ0) is 22.3. The van der Waals surface area contributed by atoms with Crippen LogP contribution in [0.4, 0.5) is 18.9 Å². The highest BCUT2D eigenvalue weighted by atomic mass is 32.1. The number of nitrogens with one attached hydrogen (secondary N) is 2. The number of rotatable bonds is 7. The van der Waals surface area contributed by atoms with E-state index in [4.69, 9.17) is 18.0 Å². The molecule has 31 heavy (non-hydrogen) atoms. The number of hydrogen-bond acceptors (Lipinski definition) is 4. The van der Waals surface area contributed by atoms with Gasteiger partial charge in [-0.1, -0.05) is 24.3 Å². The summed E-state index contributed by atoms with van der Waals surface area (Å²) in [4.78, 5) is 8.07. The van der Waals surface area contributed by atoms with Gasteiger partial charge in [0, 0.05) is 11.6 Å². The minimum atomic E-state index is -4.73. The number of nitrogens with two attached hydrogens (primary N) is 1. The molecule has 0 radical (unpaired) electrons. The Kier molecular flexibility index (Phi) is 7.19. The first-order chi connectivity index (χ1) is 14.8. The highest BCUT2D eigenvalue weighted by Crippen LogP contribution is 2.24. The number of alkyl halides is 3. The fourth-order valence-corrected chi connectivity index (χ4v) is 2.54. The smallest absolute Gasteiger partial charge is 0.406 e. The summed E-state index contributed by atoms with van der Waals surface area (Å²) in [7, 11) is 0. The van der Waals surface area contributed by atoms with Crippen LogP contribution in [0.3, 0.4) is 0 Å². The van der Waals surface area contributed by atoms with E-state index in [1.54, 1.807) is 18.3 Å². The largest absolute Gasteiger partial charge is 0.573 e. The Hall–Kier alpha value is -3.47. The number of thiocarbonyl (C=S) groups is 1. The van der Waals surface area contributed by atoms with Gasteiger partial charge in [0.1, 0.15) is 17.9 Å². The SMILES string of the molecule is NC(=NC=Nc1ccc(OC(F)(F)F)cc1)c1ccc(/C=N\NC(=S)NC2CC2)cc1. The van der Waals surface area contributed by atoms with Crippen molar-refractivity contribution in [3.05, 3.63) is 59.7 Å². The number of benzene rings is 2. The second-order valence-corrected chi connectivity index (χ2v) is 6.95. The van der Waals surface area contributed by atoms with Crippen LogP contribution in [0.25, 0.3) is 0 Å². The molecule has 0 aliphatic heterocycles. The quantitative estimate of drug-likeness (QED) is 0.260. The maximum absolute atomic E-state index is 12.2. The van der Waals surface area contributed by atoms with E-state index < -0.39 is 6.36 Å². The maximum atomic E-state index is 12.2. The molecular formula is C20H19F3N6OS. The molecule has 0 atom stereocenters. The zero-order valence-electron chi connectivity index (χ0n) is 16.1. The van der Waals surface area contributed by atoms with Crippen molar-refractivity contribution in [3.63, 3.8) is 0 Å². The van der Waals surface area contributed by atoms with Gasteiger partial charge in [0.2, 0.25) is 0 Å². The lowest BCUT2D eigenvalue weighted by Gasteiger charge is -2.08. The second-order valence-electron chi connectivity index (χ2n) is 6.54. The molecule has 0 spiro atoms. The predicted octanol–water partition coefficient (Wildman–Crippen LogP) is 3.61. The van der Waals surface area contributed by atoms with E-state index in [2.05, 4.69) is 30.6 Å². The van der Waals surface area contributed by atoms with Gasteiger partial charge >= 0.3 is 6.36 Å². The number of hydrogen-bond donors (Lipinski definition) is 3. The predicted molar refractivity (Wildman–Crippen MR) is 118 cm³/mol. The molecule has 0 aromatic heterocycles. The molecule has 1 fully saturated rings. The molecule has 2 aromatic carbocycles. The van der Waals surface area contributed by atoms with E-state index in [-0.39, 0.29) is 11.6 Å². The van der Waals surface area contributed by atoms with Gasteiger partial charge < -0.3 is 15.8 Å². The zero-order valence-corrected chi connectivity index (χ0v) is 17.0. The van der Waals surface area contributed by atoms with E-state index >= 15 is 0 Å². The van der Waals surface area contributed by atoms with Crippen LogP contribution < -0.4 is 21.2 Å². The lowest BCUT2D eigenvalue weighted by molar-refractivity contribution is -0.274. The number of amidine groups is 1. The third kappa shape index (κ3) is 8.05. The van der Waals surface area contributed by atoms with Gasteiger partial charge in [-0.25, -0.2) is 9.98 Å². The third-order valence-electron chi connectivity index (χ3n) is 3.97. The Morgan fingerprint density at radius 3 is 2.39 bits per heavy atom. The number of nitrogens with zero attached hydrogens (tertiary/aromatic N) is 3. The summed E-state index contributed by atoms with van der Waals surface area (Å²) in [5.74, 6) is -0.0912. The highest BCUT2D eigenvalue weighted by molar-refractivity contribution is 7.80. The Bertz CT molecular complexity index is 983. The van der Waals surface area contributed by atoms with Gasteiger partial charge in [-0.2, -0.15) is 5.10 Å². The molecule has 162 valence electrons. The summed E-state index contributed by atoms with van der Waals surface area (Å²) in [5.41, 5.74) is 10.6. The first-order valence-corrected chi connectivity index (χ1v) is 9.61. The van der Waals surface area contributed by atoms with Crippen molar-refractivity contribution >= 4 is 41.4 Å². The molecule has 3 rings (SSSR count). The fourth-order valence-electron chi connectivity index (χ4n) is 2.32. The molecule has 11 heteroatoms. The summed E-state index contributed by atoms with van der Waals surface area (Å²) in [5, 5.41) is 7.68. The van der Waals surface area contributed by atoms with Crippen LogP contribution in [-0.4, -0.2) is 35.9 Å². The summed E-state index contributed by atoms with van der Waals surface area (Å²) >= 11 is 5.11. The molecule has 1 saturated carbocycles. The fraction of sp³-hybridized carbons (Fsp3) is 0.200. The Morgan fingerprint density at radius 2 is 1.77 bits per heavy atom. The van der Waals surface area contributed by atoms with E-state index in [1.165, 1.54) is 18.5 Å². The second kappa shape index (κ2) is 10.0. The summed E-state index contributed by atoms with van der Waals surface area (Å²) in [6.07, 6.45) is 0.378. The molecule has 1 aliphatic rings. The van der Waals surface area contributed by atoms with Crippen molar-refractivity contribution in [2.45, 2.75) is 25.2 Å². The van der Waals surface area contributed by atoms with Gasteiger partial charge in [0.25, 0.3) is 0 Å². The van der Waals surface area contributed by atoms with Crippen molar-refractivity contribution in [1.82, 2.24) is 10.7 Å². The van der Waals surface area contributed by atoms with Crippen LogP contribution in [0, 0.1) is 0 Å². The van der Waals surface area contributed by atoms with Gasteiger partial charge in [-0.05, 0) is 54.9 Å². The average molecular weight is 448 g/mol. The number of halogens is 3. The van der Waals surface area contributed by atoms with Crippen LogP contribution in [0.1, 0.15) is 24.0 Å². The van der Waals surface area contributed by atoms with Crippen LogP contribution in [0.15, 0.2) is 63.6 Å². The first kappa shape index (κ1) is 22.2. The molecule has 2 aromatic rings. The number of ether oxygens (including phenoxy) is 1. The molecular weight excluding hydrogens is 429 g/mol. The maximum Gasteiger partial charge on any atom is 0.573 e. The normalized spacial score (nSPS) is 14.7. The van der Waals surface area contributed by atoms with E-state index in [0.29, 0.717) is 22.4 Å². The van der Waals surface area contributed by atoms with E-state index in [9.17, 15) is 13.2 Å². The van der Waals surface area contributed by atoms with Crippen LogP contribution >= 0.6 is 12.2 Å². The van der Waals surface area contributed by atoms with Gasteiger partial charge in [-0.3, -0.25) is 5.43 Å². The van der Waals surface area contributed by atoms with Crippen LogP contribution in [0.5, 0.6) is 5.75 Å². The van der Waals surface area contributed by atoms with Crippen molar-refractivity contribution in [1.29, 1.82) is 0 Å². The third-order valence-corrected chi connectivity index (χ3v) is 4.18. The van der Waals surface area contributed by atoms with Gasteiger partial charge in [0.15, 0.2) is 5.11 Å². The Labute approximate surface area is 181 Å². The summed E-state index contributed by atoms with van der Waals surface area (Å²) in [6.45, 7) is 0. The van der Waals surface area contributed by atoms with Crippen molar-refractivity contribution in [2.75, 3.05) is 0 Å². The molecule has 0 heterocycles. The highest BCUT2D eigenvalue weighted by Gasteiger charge is 2.30. The van der Waals surface area contributed by atoms with E-state index in [1.807, 2.05) is 12.1 Å². The van der Waals surface area contributed by atoms with Crippen LogP contribution in [-0.2, 0) is 0 Å². The molecule has 1 aliphatic carbocycles. The topological polar surface area (TPSA) is 96.4 Å². The Morgan fingerprint density at radius 1 is 1.10 bits per heavy atom. The van der Waals surface area contributed by atoms with Gasteiger partial charge in [-0.15, -0.1) is 13.2 Å². The molecule has 0 saturated heterocycles. The Balaban J connectivity index is 1.51. The van der Waals surface area contributed by atoms with Crippen molar-refractivity contribution in [2.24, 2.45) is 20.8 Å². The van der Waals surface area contributed by atoms with Crippen LogP contribution in [0.2, 0.25) is 0 Å². The van der Waals surface area contributed by atoms with Crippen molar-refractivity contribution in [3.8, 4) is 5.75 Å². The molecule has 0 bridgehead atoms. The standard InChI is InChI=1S/C20H19F3N6OS/c21-20(22,23)30-17-9-7-15(8-10-17)25-12-26-18(24)14-3-1-13(2-4-14)11-27-29-19(31)28-16-5-6-16/h1-4,7-12,16H,5-6H2,(H2,24,25,26)(H2,28,29,31)/b27-11-. The van der Waals surface area contributed by atoms with E-state index in [0.717, 1.165) is 30.5 Å². The lowest BCUT2D eigenvalue weighted by atomic mass is 10.1. The molecule has 0 unspecified atom stereocenters. The lowest BCUT2D eigenvalue weighted by Crippen LogP contribution is -2.33. The summed E-state index contributed by atoms with van der Waals surface area (Å²) < 4.78 is 40.3. The number of hydrazone groups is 1. The molecule has 0 amide bonds. The average Bonchev–Trinajstić information content (AvgIpc) is 3.52. The summed E-state index contributed by atoms with van der Waals surface area (Å²) in [6, 6.07) is 12.7. The van der Waals surface area contributed by atoms with Crippen molar-refractivity contribution < 1.29 is 17.9 Å².